The number of benzene rings is 2. The number of hydrogen-bond donors (Lipinski definition) is 10. The number of aliphatic carboxylic acids is 1. The highest BCUT2D eigenvalue weighted by Gasteiger charge is 2.30. The number of nitrogens with zero attached hydrogens (tertiary/aromatic N) is 1. The average molecular weight is 1090 g/mol. The van der Waals surface area contributed by atoms with Gasteiger partial charge in [0.25, 0.3) is 0 Å². The van der Waals surface area contributed by atoms with Gasteiger partial charge in [0, 0.05) is 43.8 Å². The van der Waals surface area contributed by atoms with Crippen LogP contribution < -0.4 is 42.5 Å². The number of carbonyl (C=O) groups is 9. The monoisotopic (exact) mass is 1090 g/mol. The lowest BCUT2D eigenvalue weighted by atomic mass is 9.96. The first-order chi connectivity index (χ1) is 37.0. The largest absolute Gasteiger partial charge is 0.492 e. The molecule has 0 saturated heterocycles. The van der Waals surface area contributed by atoms with E-state index in [1.54, 1.807) is 44.2 Å². The molecule has 78 heavy (non-hydrogen) atoms. The topological polar surface area (TPSA) is 345 Å². The molecule has 5 atom stereocenters. The zero-order valence-electron chi connectivity index (χ0n) is 45.3. The molecule has 5 unspecified atom stereocenters. The Hall–Kier alpha value is -7.95. The summed E-state index contributed by atoms with van der Waals surface area (Å²) < 4.78 is 11.0. The molecule has 0 fully saturated rings. The highest BCUT2D eigenvalue weighted by molar-refractivity contribution is 5.98. The molecule has 428 valence electrons. The quantitative estimate of drug-likeness (QED) is 0.0295. The van der Waals surface area contributed by atoms with Gasteiger partial charge in [-0.2, -0.15) is 0 Å². The number of rotatable bonds is 34. The van der Waals surface area contributed by atoms with E-state index in [9.17, 15) is 58.5 Å². The molecule has 2 aromatic carbocycles. The summed E-state index contributed by atoms with van der Waals surface area (Å²) in [5.41, 5.74) is 8.81. The Labute approximate surface area is 454 Å². The Balaban J connectivity index is 1.32. The Morgan fingerprint density at radius 2 is 1.37 bits per heavy atom. The summed E-state index contributed by atoms with van der Waals surface area (Å²) in [6.07, 6.45) is 5.03. The Kier molecular flexibility index (Phi) is 28.0. The predicted octanol–water partition coefficient (Wildman–Crippen LogP) is 4.27. The van der Waals surface area contributed by atoms with E-state index in [-0.39, 0.29) is 76.7 Å². The molecule has 11 N–H and O–H groups in total. The van der Waals surface area contributed by atoms with Gasteiger partial charge in [-0.15, -0.1) is 4.73 Å². The van der Waals surface area contributed by atoms with Crippen LogP contribution in [-0.4, -0.2) is 111 Å². The van der Waals surface area contributed by atoms with Crippen LogP contribution in [0.5, 0.6) is 11.8 Å². The van der Waals surface area contributed by atoms with Crippen LogP contribution >= 0.6 is 0 Å². The average Bonchev–Trinajstić information content (AvgIpc) is 3.71. The smallest absolute Gasteiger partial charge is 0.407 e. The second kappa shape index (κ2) is 33.9. The number of alkyl carbamates (subject to hydrolysis) is 1. The van der Waals surface area contributed by atoms with Crippen molar-refractivity contribution in [1.82, 2.24) is 31.3 Å². The molecular weight excluding hydrogens is 1010 g/mol. The van der Waals surface area contributed by atoms with Crippen molar-refractivity contribution in [2.24, 2.45) is 29.4 Å². The molecule has 6 amide bonds. The van der Waals surface area contributed by atoms with E-state index < -0.39 is 89.4 Å². The van der Waals surface area contributed by atoms with E-state index in [1.807, 2.05) is 38.1 Å². The molecule has 0 spiro atoms. The molecule has 0 saturated carbocycles. The van der Waals surface area contributed by atoms with Gasteiger partial charge in [0.1, 0.15) is 18.7 Å². The number of carboxylic acids is 1. The van der Waals surface area contributed by atoms with Crippen LogP contribution in [0, 0.1) is 23.7 Å². The normalized spacial score (nSPS) is 13.1. The fraction of sp³-hybridized carbons (Fsp3) is 0.509. The molecule has 1 aromatic heterocycles. The highest BCUT2D eigenvalue weighted by Crippen LogP contribution is 2.20. The third-order valence-corrected chi connectivity index (χ3v) is 12.1. The first-order valence-electron chi connectivity index (χ1n) is 26.2. The van der Waals surface area contributed by atoms with Crippen molar-refractivity contribution in [2.75, 3.05) is 25.0 Å². The summed E-state index contributed by atoms with van der Waals surface area (Å²) >= 11 is 0. The molecule has 3 rings (SSSR count). The zero-order chi connectivity index (χ0) is 57.7. The van der Waals surface area contributed by atoms with Gasteiger partial charge >= 0.3 is 24.0 Å². The van der Waals surface area contributed by atoms with Crippen molar-refractivity contribution in [2.45, 2.75) is 137 Å². The van der Waals surface area contributed by atoms with Crippen molar-refractivity contribution in [3.05, 3.63) is 89.5 Å². The lowest BCUT2D eigenvalue weighted by molar-refractivity contribution is -0.167. The van der Waals surface area contributed by atoms with Gasteiger partial charge in [0.2, 0.25) is 41.3 Å². The first-order valence-corrected chi connectivity index (χ1v) is 26.2. The number of aryl methyl sites for hydroxylation is 1. The Morgan fingerprint density at radius 1 is 0.718 bits per heavy atom. The van der Waals surface area contributed by atoms with Crippen LogP contribution in [0.3, 0.4) is 0 Å². The number of amides is 6. The van der Waals surface area contributed by atoms with Gasteiger partial charge in [-0.3, -0.25) is 28.8 Å². The summed E-state index contributed by atoms with van der Waals surface area (Å²) in [7, 11) is 0. The minimum Gasteiger partial charge on any atom is -0.492 e. The summed E-state index contributed by atoms with van der Waals surface area (Å²) in [6, 6.07) is 14.8. The molecule has 23 nitrogen and oxygen atoms in total. The zero-order valence-corrected chi connectivity index (χ0v) is 45.3. The number of nitrogens with two attached hydrogens (primary N) is 1. The van der Waals surface area contributed by atoms with E-state index in [0.717, 1.165) is 42.5 Å². The number of ether oxygens (including phenoxy) is 2. The fourth-order valence-corrected chi connectivity index (χ4v) is 7.43. The minimum absolute atomic E-state index is 0.0107. The van der Waals surface area contributed by atoms with Crippen LogP contribution in [0.4, 0.5) is 10.5 Å². The third kappa shape index (κ3) is 24.8. The predicted molar refractivity (Wildman–Crippen MR) is 287 cm³/mol. The van der Waals surface area contributed by atoms with Gasteiger partial charge in [-0.05, 0) is 111 Å². The van der Waals surface area contributed by atoms with Crippen LogP contribution in [0.1, 0.15) is 116 Å². The van der Waals surface area contributed by atoms with Crippen LogP contribution in [-0.2, 0) is 67.4 Å². The van der Waals surface area contributed by atoms with Crippen molar-refractivity contribution in [3.8, 4) is 11.8 Å². The molecule has 23 heteroatoms. The van der Waals surface area contributed by atoms with Crippen LogP contribution in [0.2, 0.25) is 0 Å². The van der Waals surface area contributed by atoms with Crippen molar-refractivity contribution in [3.63, 3.8) is 0 Å². The van der Waals surface area contributed by atoms with E-state index in [2.05, 4.69) is 38.8 Å². The van der Waals surface area contributed by atoms with Gasteiger partial charge in [0.15, 0.2) is 6.10 Å². The number of esters is 1. The van der Waals surface area contributed by atoms with E-state index >= 15 is 0 Å². The lowest BCUT2D eigenvalue weighted by Gasteiger charge is -2.25. The molecule has 0 aliphatic carbocycles. The van der Waals surface area contributed by atoms with Crippen molar-refractivity contribution in [1.29, 1.82) is 0 Å². The summed E-state index contributed by atoms with van der Waals surface area (Å²) in [6.45, 7) is 10.8. The van der Waals surface area contributed by atoms with Crippen LogP contribution in [0.15, 0.2) is 72.8 Å². The number of carboxylic acid groups (broad SMARTS) is 1. The van der Waals surface area contributed by atoms with E-state index in [0.29, 0.717) is 34.7 Å². The van der Waals surface area contributed by atoms with Gasteiger partial charge in [0.05, 0.1) is 12.5 Å². The standard InChI is InChI=1S/C55H78N8O15/c1-34(2)29-43(53(72)73)77-54(74)37(6)30-57-46(66)32-58-44(64)13-8-7-11-36(5)16-17-38-18-20-39(21-19-38)31-59-55(75)76-33-40-22-24-41(25-23-40)60-51(70)42(12-10-28-56)61-52(71)50(35(3)4)62-45(65)14-9-15-49(69)78-63-47(67)26-27-48(63)68/h8,13,18-27,34-37,42-43,50,67-68H,7,9-12,14-17,28-33,56H2,1-6H3,(H,57,66)(H,58,64)(H,59,75)(H,60,70)(H,61,71)(H,62,65)(H,72,73). The lowest BCUT2D eigenvalue weighted by Crippen LogP contribution is -2.54. The number of aromatic nitrogens is 1. The number of nitrogens with one attached hydrogen (secondary N) is 6. The molecule has 3 aromatic rings. The van der Waals surface area contributed by atoms with Gasteiger partial charge in [-0.1, -0.05) is 84.0 Å². The fourth-order valence-electron chi connectivity index (χ4n) is 7.43. The SMILES string of the molecule is CC(C)CC(OC(=O)C(C)CNC(=O)CNC(=O)C=CCCC(C)CCc1ccc(CNC(=O)OCc2ccc(NC(=O)C(CCCN)NC(=O)C(NC(=O)CCCC(=O)On3c(O)ccc3O)C(C)C)cc2)cc1)C(=O)O. The van der Waals surface area contributed by atoms with Gasteiger partial charge in [-0.25, -0.2) is 14.4 Å². The second-order valence-corrected chi connectivity index (χ2v) is 19.8. The van der Waals surface area contributed by atoms with Crippen molar-refractivity contribution < 1.29 is 72.8 Å². The van der Waals surface area contributed by atoms with Crippen molar-refractivity contribution >= 4 is 59.2 Å². The number of hydrogen-bond acceptors (Lipinski definition) is 15. The number of anilines is 1. The number of aromatic hydroxyl groups is 2. The summed E-state index contributed by atoms with van der Waals surface area (Å²) in [5.74, 6) is -7.03. The maximum atomic E-state index is 13.4. The Bertz CT molecular complexity index is 2460. The highest BCUT2D eigenvalue weighted by atomic mass is 16.7. The van der Waals surface area contributed by atoms with Gasteiger partial charge < -0.3 is 67.3 Å². The molecule has 0 aliphatic rings. The number of carbonyl (C=O) groups excluding carboxylic acids is 8. The summed E-state index contributed by atoms with van der Waals surface area (Å²) in [5, 5.41) is 44.5. The van der Waals surface area contributed by atoms with Crippen LogP contribution in [0.25, 0.3) is 0 Å². The number of allylic oxidation sites excluding steroid dienone is 1. The first kappa shape index (κ1) is 64.3. The molecular formula is C55H78N8O15. The minimum atomic E-state index is -1.26. The maximum absolute atomic E-state index is 13.4. The summed E-state index contributed by atoms with van der Waals surface area (Å²) in [4.78, 5) is 117. The molecule has 0 bridgehead atoms. The third-order valence-electron chi connectivity index (χ3n) is 12.1. The molecule has 0 aliphatic heterocycles. The molecule has 1 heterocycles. The second-order valence-electron chi connectivity index (χ2n) is 19.8. The maximum Gasteiger partial charge on any atom is 0.407 e. The molecule has 0 radical (unpaired) electrons. The van der Waals surface area contributed by atoms with E-state index in [4.69, 9.17) is 20.0 Å². The van der Waals surface area contributed by atoms with E-state index in [1.165, 1.54) is 13.0 Å². The Morgan fingerprint density at radius 3 is 2.00 bits per heavy atom.